The van der Waals surface area contributed by atoms with Gasteiger partial charge in [0.25, 0.3) is 15.7 Å². The van der Waals surface area contributed by atoms with E-state index in [4.69, 9.17) is 14.3 Å². The van der Waals surface area contributed by atoms with E-state index in [9.17, 15) is 21.6 Å². The van der Waals surface area contributed by atoms with Gasteiger partial charge in [-0.05, 0) is 45.0 Å². The van der Waals surface area contributed by atoms with Gasteiger partial charge in [0.1, 0.15) is 17.0 Å². The molecule has 41 heavy (non-hydrogen) atoms. The number of ether oxygens (including phenoxy) is 1. The van der Waals surface area contributed by atoms with Crippen molar-refractivity contribution in [1.82, 2.24) is 29.0 Å². The van der Waals surface area contributed by atoms with Crippen molar-refractivity contribution < 1.29 is 26.1 Å². The minimum absolute atomic E-state index is 0.163. The molecule has 1 saturated heterocycles. The summed E-state index contributed by atoms with van der Waals surface area (Å²) in [7, 11) is -2.06. The highest BCUT2D eigenvalue weighted by atomic mass is 32.2. The molecule has 226 valence electrons. The highest BCUT2D eigenvalue weighted by molar-refractivity contribution is 7.89. The fourth-order valence-electron chi connectivity index (χ4n) is 5.41. The van der Waals surface area contributed by atoms with Crippen LogP contribution in [0.3, 0.4) is 0 Å². The van der Waals surface area contributed by atoms with Gasteiger partial charge in [-0.2, -0.15) is 17.8 Å². The number of H-pyrrole nitrogens is 1. The molecule has 1 saturated carbocycles. The Morgan fingerprint density at radius 1 is 1.00 bits per heavy atom. The zero-order valence-corrected chi connectivity index (χ0v) is 25.5. The molecule has 13 nitrogen and oxygen atoms in total. The van der Waals surface area contributed by atoms with Crippen molar-refractivity contribution in [3.05, 3.63) is 34.2 Å². The topological polar surface area (TPSA) is 168 Å². The lowest BCUT2D eigenvalue weighted by molar-refractivity contribution is 0.347. The Bertz CT molecular complexity index is 1650. The summed E-state index contributed by atoms with van der Waals surface area (Å²) in [6, 6.07) is 4.72. The molecule has 3 aromatic rings. The van der Waals surface area contributed by atoms with Crippen LogP contribution in [0.5, 0.6) is 5.75 Å². The third-order valence-corrected chi connectivity index (χ3v) is 9.35. The van der Waals surface area contributed by atoms with E-state index in [2.05, 4.69) is 15.0 Å². The van der Waals surface area contributed by atoms with Crippen molar-refractivity contribution in [2.24, 2.45) is 7.05 Å². The van der Waals surface area contributed by atoms with E-state index in [0.717, 1.165) is 44.3 Å². The molecule has 0 amide bonds. The SMILES string of the molecule is COc1cc(S(=O)(=O)N2CCCN(C)CC2)ccc1-c1nc2c(c(C3CCCCC3)nn2C)c(=O)[nH]1.CS(=O)(=O)O. The molecule has 1 aromatic carbocycles. The quantitative estimate of drug-likeness (QED) is 0.409. The lowest BCUT2D eigenvalue weighted by Gasteiger charge is -2.21. The minimum atomic E-state index is -3.68. The second kappa shape index (κ2) is 12.6. The number of fused-ring (bicyclic) bond motifs is 1. The fourth-order valence-corrected chi connectivity index (χ4v) is 6.90. The maximum atomic E-state index is 13.4. The van der Waals surface area contributed by atoms with Gasteiger partial charge >= 0.3 is 0 Å². The summed E-state index contributed by atoms with van der Waals surface area (Å²) in [6.07, 6.45) is 7.07. The third kappa shape index (κ3) is 7.33. The minimum Gasteiger partial charge on any atom is -0.496 e. The molecule has 5 rings (SSSR count). The van der Waals surface area contributed by atoms with Crippen LogP contribution in [-0.2, 0) is 27.2 Å². The van der Waals surface area contributed by atoms with Crippen LogP contribution in [0.4, 0.5) is 0 Å². The van der Waals surface area contributed by atoms with Gasteiger partial charge in [-0.25, -0.2) is 18.1 Å². The van der Waals surface area contributed by atoms with Crippen molar-refractivity contribution in [1.29, 1.82) is 0 Å². The van der Waals surface area contributed by atoms with Gasteiger partial charge in [0.2, 0.25) is 10.0 Å². The van der Waals surface area contributed by atoms with Crippen LogP contribution >= 0.6 is 0 Å². The van der Waals surface area contributed by atoms with Crippen molar-refractivity contribution in [3.8, 4) is 17.1 Å². The highest BCUT2D eigenvalue weighted by Crippen LogP contribution is 2.35. The number of hydrogen-bond donors (Lipinski definition) is 2. The standard InChI is InChI=1S/C25H34N6O4S.CH4O3S/c1-29-12-7-13-31(15-14-29)36(33,34)18-10-11-19(20(16-18)35-3)23-26-24-21(25(32)27-23)22(28-30(24)2)17-8-5-4-6-9-17;1-5(2,3)4/h10-11,16-17H,4-9,12-15H2,1-3H3,(H,26,27,32);1H3,(H,2,3,4). The Kier molecular flexibility index (Phi) is 9.53. The van der Waals surface area contributed by atoms with Crippen LogP contribution in [-0.4, -0.2) is 96.9 Å². The molecular weight excluding hydrogens is 572 g/mol. The second-order valence-electron chi connectivity index (χ2n) is 10.6. The van der Waals surface area contributed by atoms with E-state index < -0.39 is 20.1 Å². The molecule has 1 aliphatic heterocycles. The number of aromatic amines is 1. The molecule has 2 aliphatic rings. The normalized spacial score (nSPS) is 18.1. The summed E-state index contributed by atoms with van der Waals surface area (Å²) in [5.41, 5.74) is 1.62. The first-order chi connectivity index (χ1) is 19.3. The van der Waals surface area contributed by atoms with Crippen LogP contribution in [0.2, 0.25) is 0 Å². The van der Waals surface area contributed by atoms with Gasteiger partial charge in [-0.1, -0.05) is 19.3 Å². The lowest BCUT2D eigenvalue weighted by Crippen LogP contribution is -2.34. The summed E-state index contributed by atoms with van der Waals surface area (Å²) < 4.78 is 61.3. The molecule has 0 spiro atoms. The number of rotatable bonds is 5. The highest BCUT2D eigenvalue weighted by Gasteiger charge is 2.28. The Labute approximate surface area is 240 Å². The van der Waals surface area contributed by atoms with Gasteiger partial charge < -0.3 is 14.6 Å². The number of sulfonamides is 1. The van der Waals surface area contributed by atoms with Crippen LogP contribution < -0.4 is 10.3 Å². The maximum Gasteiger partial charge on any atom is 0.262 e. The van der Waals surface area contributed by atoms with Gasteiger partial charge in [-0.15, -0.1) is 0 Å². The average molecular weight is 611 g/mol. The van der Waals surface area contributed by atoms with Crippen molar-refractivity contribution in [2.75, 3.05) is 46.6 Å². The van der Waals surface area contributed by atoms with E-state index in [1.165, 1.54) is 23.9 Å². The molecular formula is C26H38N6O7S2. The number of nitrogens with zero attached hydrogens (tertiary/aromatic N) is 5. The predicted molar refractivity (Wildman–Crippen MR) is 155 cm³/mol. The first kappa shape index (κ1) is 31.1. The lowest BCUT2D eigenvalue weighted by atomic mass is 9.86. The van der Waals surface area contributed by atoms with E-state index in [1.807, 2.05) is 7.05 Å². The number of hydrogen-bond acceptors (Lipinski definition) is 9. The van der Waals surface area contributed by atoms with Gasteiger partial charge in [0.05, 0.1) is 29.5 Å². The number of nitrogens with one attached hydrogen (secondary N) is 1. The molecule has 2 fully saturated rings. The third-order valence-electron chi connectivity index (χ3n) is 7.46. The molecule has 0 atom stereocenters. The molecule has 0 unspecified atom stereocenters. The van der Waals surface area contributed by atoms with E-state index in [-0.39, 0.29) is 16.4 Å². The molecule has 2 N–H and O–H groups in total. The zero-order valence-electron chi connectivity index (χ0n) is 23.8. The number of methoxy groups -OCH3 is 1. The van der Waals surface area contributed by atoms with Crippen molar-refractivity contribution in [3.63, 3.8) is 0 Å². The Morgan fingerprint density at radius 3 is 2.34 bits per heavy atom. The monoisotopic (exact) mass is 610 g/mol. The van der Waals surface area contributed by atoms with E-state index in [1.54, 1.807) is 23.9 Å². The number of benzene rings is 1. The molecule has 0 radical (unpaired) electrons. The molecule has 2 aromatic heterocycles. The summed E-state index contributed by atoms with van der Waals surface area (Å²) in [6.45, 7) is 2.48. The average Bonchev–Trinajstić information content (AvgIpc) is 3.09. The first-order valence-corrected chi connectivity index (χ1v) is 16.8. The van der Waals surface area contributed by atoms with Gasteiger partial charge in [0.15, 0.2) is 5.65 Å². The Morgan fingerprint density at radius 2 is 1.68 bits per heavy atom. The van der Waals surface area contributed by atoms with Crippen molar-refractivity contribution >= 4 is 31.2 Å². The molecule has 0 bridgehead atoms. The van der Waals surface area contributed by atoms with Crippen molar-refractivity contribution in [2.45, 2.75) is 49.3 Å². The fraction of sp³-hybridized carbons (Fsp3) is 0.577. The smallest absolute Gasteiger partial charge is 0.262 e. The van der Waals surface area contributed by atoms with Gasteiger partial charge in [-0.3, -0.25) is 9.35 Å². The number of aryl methyl sites for hydroxylation is 1. The largest absolute Gasteiger partial charge is 0.496 e. The Balaban J connectivity index is 0.000000714. The summed E-state index contributed by atoms with van der Waals surface area (Å²) in [5, 5.41) is 5.22. The summed E-state index contributed by atoms with van der Waals surface area (Å²) in [5.74, 6) is 0.928. The maximum absolute atomic E-state index is 13.4. The van der Waals surface area contributed by atoms with E-state index >= 15 is 0 Å². The van der Waals surface area contributed by atoms with Crippen LogP contribution in [0.1, 0.15) is 50.1 Å². The first-order valence-electron chi connectivity index (χ1n) is 13.6. The summed E-state index contributed by atoms with van der Waals surface area (Å²) in [4.78, 5) is 23.2. The van der Waals surface area contributed by atoms with Crippen LogP contribution in [0, 0.1) is 0 Å². The Hall–Kier alpha value is -2.85. The molecule has 1 aliphatic carbocycles. The number of aromatic nitrogens is 4. The molecule has 3 heterocycles. The zero-order chi connectivity index (χ0) is 29.9. The summed E-state index contributed by atoms with van der Waals surface area (Å²) >= 11 is 0. The van der Waals surface area contributed by atoms with E-state index in [0.29, 0.717) is 54.1 Å². The molecule has 15 heteroatoms. The van der Waals surface area contributed by atoms with Crippen LogP contribution in [0.25, 0.3) is 22.4 Å². The number of likely N-dealkylation sites (N-methyl/N-ethyl adjacent to an activating group) is 1. The van der Waals surface area contributed by atoms with Crippen LogP contribution in [0.15, 0.2) is 27.9 Å². The second-order valence-corrected chi connectivity index (χ2v) is 14.0. The predicted octanol–water partition coefficient (Wildman–Crippen LogP) is 2.21. The van der Waals surface area contributed by atoms with Gasteiger partial charge in [0, 0.05) is 38.7 Å².